The van der Waals surface area contributed by atoms with Gasteiger partial charge in [-0.1, -0.05) is 72.8 Å². The van der Waals surface area contributed by atoms with Gasteiger partial charge in [0.1, 0.15) is 0 Å². The number of hydrogen-bond donors (Lipinski definition) is 0. The number of sulfone groups is 2. The average molecular weight is 427 g/mol. The van der Waals surface area contributed by atoms with E-state index in [0.29, 0.717) is 11.1 Å². The van der Waals surface area contributed by atoms with Crippen LogP contribution in [0.4, 0.5) is 0 Å². The minimum absolute atomic E-state index is 0.0766. The molecule has 0 saturated heterocycles. The average Bonchev–Trinajstić information content (AvgIpc) is 2.68. The first-order valence-corrected chi connectivity index (χ1v) is 13.1. The molecule has 29 heavy (non-hydrogen) atoms. The van der Waals surface area contributed by atoms with Crippen LogP contribution in [-0.2, 0) is 31.2 Å². The molecule has 0 unspecified atom stereocenters. The lowest BCUT2D eigenvalue weighted by Crippen LogP contribution is -2.15. The highest BCUT2D eigenvalue weighted by Crippen LogP contribution is 2.32. The first kappa shape index (κ1) is 19.9. The van der Waals surface area contributed by atoms with Crippen LogP contribution >= 0.6 is 0 Å². The number of rotatable bonds is 0. The van der Waals surface area contributed by atoms with E-state index >= 15 is 0 Å². The molecule has 0 aliphatic carbocycles. The molecule has 0 aromatic heterocycles. The summed E-state index contributed by atoms with van der Waals surface area (Å²) in [6, 6.07) is 23.1. The van der Waals surface area contributed by atoms with Gasteiger partial charge in [0.15, 0.2) is 19.7 Å². The van der Waals surface area contributed by atoms with Crippen molar-refractivity contribution in [2.45, 2.75) is 17.9 Å². The van der Waals surface area contributed by atoms with E-state index in [1.54, 1.807) is 0 Å². The second-order valence-corrected chi connectivity index (χ2v) is 11.8. The van der Waals surface area contributed by atoms with Gasteiger partial charge in [0, 0.05) is 0 Å². The zero-order chi connectivity index (χ0) is 20.5. The van der Waals surface area contributed by atoms with Crippen LogP contribution < -0.4 is 0 Å². The summed E-state index contributed by atoms with van der Waals surface area (Å²) in [6.45, 7) is 0. The number of hydrogen-bond acceptors (Lipinski definition) is 4. The fraction of sp³-hybridized carbons (Fsp3) is 0.217. The standard InChI is InChI=1S/C23H22O4S2/c24-28(25)14-3-15-29(26,27)17-19-8-12-21(13-9-19)23-5-2-1-4-22(23)20-10-6-18(16-28)7-11-20/h1-2,4-13H,3,14-17H2. The predicted molar refractivity (Wildman–Crippen MR) is 117 cm³/mol. The molecular weight excluding hydrogens is 404 g/mol. The maximum atomic E-state index is 12.4. The summed E-state index contributed by atoms with van der Waals surface area (Å²) in [5, 5.41) is 0. The molecule has 4 bridgehead atoms. The van der Waals surface area contributed by atoms with Crippen molar-refractivity contribution in [3.05, 3.63) is 83.9 Å². The summed E-state index contributed by atoms with van der Waals surface area (Å²) in [5.74, 6) is -0.412. The van der Waals surface area contributed by atoms with Crippen molar-refractivity contribution in [3.63, 3.8) is 0 Å². The molecule has 150 valence electrons. The summed E-state index contributed by atoms with van der Waals surface area (Å²) < 4.78 is 49.7. The summed E-state index contributed by atoms with van der Waals surface area (Å²) in [5.41, 5.74) is 5.54. The Morgan fingerprint density at radius 3 is 1.28 bits per heavy atom. The summed E-state index contributed by atoms with van der Waals surface area (Å²) in [4.78, 5) is 0. The van der Waals surface area contributed by atoms with Crippen LogP contribution in [0.25, 0.3) is 22.3 Å². The van der Waals surface area contributed by atoms with Gasteiger partial charge in [-0.25, -0.2) is 16.8 Å². The van der Waals surface area contributed by atoms with Gasteiger partial charge in [0.25, 0.3) is 0 Å². The lowest BCUT2D eigenvalue weighted by Gasteiger charge is -2.11. The Morgan fingerprint density at radius 2 is 0.897 bits per heavy atom. The van der Waals surface area contributed by atoms with Gasteiger partial charge in [-0.2, -0.15) is 0 Å². The van der Waals surface area contributed by atoms with Gasteiger partial charge >= 0.3 is 0 Å². The fourth-order valence-corrected chi connectivity index (χ4v) is 6.74. The molecule has 6 rings (SSSR count). The third kappa shape index (κ3) is 4.77. The first-order valence-electron chi connectivity index (χ1n) is 9.50. The van der Waals surface area contributed by atoms with Crippen LogP contribution in [0.5, 0.6) is 0 Å². The zero-order valence-electron chi connectivity index (χ0n) is 15.9. The van der Waals surface area contributed by atoms with Gasteiger partial charge in [0.05, 0.1) is 23.0 Å². The Labute approximate surface area is 172 Å². The Morgan fingerprint density at radius 1 is 0.517 bits per heavy atom. The molecule has 0 amide bonds. The lowest BCUT2D eigenvalue weighted by molar-refractivity contribution is 0.589. The van der Waals surface area contributed by atoms with E-state index in [2.05, 4.69) is 0 Å². The van der Waals surface area contributed by atoms with Crippen LogP contribution in [0.1, 0.15) is 17.5 Å². The Balaban J connectivity index is 1.82. The van der Waals surface area contributed by atoms with E-state index in [9.17, 15) is 16.8 Å². The van der Waals surface area contributed by atoms with Crippen LogP contribution in [-0.4, -0.2) is 28.3 Å². The highest BCUT2D eigenvalue weighted by Gasteiger charge is 2.18. The maximum absolute atomic E-state index is 12.4. The first-order chi connectivity index (χ1) is 13.8. The Kier molecular flexibility index (Phi) is 5.32. The van der Waals surface area contributed by atoms with Gasteiger partial charge in [-0.3, -0.25) is 0 Å². The van der Waals surface area contributed by atoms with Crippen molar-refractivity contribution in [3.8, 4) is 22.3 Å². The van der Waals surface area contributed by atoms with E-state index in [1.165, 1.54) is 0 Å². The van der Waals surface area contributed by atoms with E-state index in [0.717, 1.165) is 22.3 Å². The van der Waals surface area contributed by atoms with Gasteiger partial charge < -0.3 is 0 Å². The molecule has 0 radical (unpaired) electrons. The van der Waals surface area contributed by atoms with Crippen molar-refractivity contribution in [1.29, 1.82) is 0 Å². The van der Waals surface area contributed by atoms with Crippen molar-refractivity contribution in [2.75, 3.05) is 11.5 Å². The maximum Gasteiger partial charge on any atom is 0.154 e. The number of fused-ring (bicyclic) bond motifs is 2. The lowest BCUT2D eigenvalue weighted by atomic mass is 9.94. The molecule has 0 saturated carbocycles. The monoisotopic (exact) mass is 426 g/mol. The molecule has 0 atom stereocenters. The van der Waals surface area contributed by atoms with E-state index in [1.807, 2.05) is 72.8 Å². The molecule has 6 heteroatoms. The van der Waals surface area contributed by atoms with Crippen LogP contribution in [0.3, 0.4) is 0 Å². The molecule has 3 aliphatic heterocycles. The van der Waals surface area contributed by atoms with Gasteiger partial charge in [-0.15, -0.1) is 0 Å². The van der Waals surface area contributed by atoms with Gasteiger partial charge in [0.2, 0.25) is 0 Å². The summed E-state index contributed by atoms with van der Waals surface area (Å²) in [7, 11) is -6.73. The summed E-state index contributed by atoms with van der Waals surface area (Å²) in [6.07, 6.45) is 0.117. The molecule has 3 aromatic carbocycles. The van der Waals surface area contributed by atoms with Crippen molar-refractivity contribution >= 4 is 19.7 Å². The minimum Gasteiger partial charge on any atom is -0.228 e. The molecule has 3 heterocycles. The third-order valence-corrected chi connectivity index (χ3v) is 8.51. The van der Waals surface area contributed by atoms with Crippen LogP contribution in [0.15, 0.2) is 72.8 Å². The molecule has 4 nitrogen and oxygen atoms in total. The normalized spacial score (nSPS) is 18.1. The van der Waals surface area contributed by atoms with Crippen molar-refractivity contribution in [2.24, 2.45) is 0 Å². The molecule has 3 aliphatic rings. The second kappa shape index (κ2) is 7.76. The van der Waals surface area contributed by atoms with E-state index in [4.69, 9.17) is 0 Å². The molecule has 0 fully saturated rings. The highest BCUT2D eigenvalue weighted by molar-refractivity contribution is 7.91. The van der Waals surface area contributed by atoms with E-state index < -0.39 is 19.7 Å². The van der Waals surface area contributed by atoms with Crippen molar-refractivity contribution in [1.82, 2.24) is 0 Å². The van der Waals surface area contributed by atoms with Crippen LogP contribution in [0, 0.1) is 0 Å². The third-order valence-electron chi connectivity index (χ3n) is 5.14. The molecule has 0 spiro atoms. The Hall–Kier alpha value is -2.44. The topological polar surface area (TPSA) is 68.3 Å². The molecular formula is C23H22O4S2. The van der Waals surface area contributed by atoms with Crippen LogP contribution in [0.2, 0.25) is 0 Å². The largest absolute Gasteiger partial charge is 0.228 e. The molecule has 3 aromatic rings. The second-order valence-electron chi connectivity index (χ2n) is 7.48. The smallest absolute Gasteiger partial charge is 0.154 e. The Bertz CT molecular complexity index is 1130. The highest BCUT2D eigenvalue weighted by atomic mass is 32.2. The predicted octanol–water partition coefficient (Wildman–Crippen LogP) is 4.25. The fourth-order valence-electron chi connectivity index (χ4n) is 3.70. The van der Waals surface area contributed by atoms with Gasteiger partial charge in [-0.05, 0) is 39.8 Å². The van der Waals surface area contributed by atoms with Crippen molar-refractivity contribution < 1.29 is 16.8 Å². The minimum atomic E-state index is -3.37. The summed E-state index contributed by atoms with van der Waals surface area (Å²) >= 11 is 0. The van der Waals surface area contributed by atoms with E-state index in [-0.39, 0.29) is 29.4 Å². The SMILES string of the molecule is O=S1(=O)CCCS(=O)(=O)Cc2ccc(cc2)-c2ccccc2-c2ccc(cc2)C1. The zero-order valence-corrected chi connectivity index (χ0v) is 17.5. The molecule has 0 N–H and O–H groups in total. The quantitative estimate of drug-likeness (QED) is 0.539. The number of benzene rings is 3.